The first-order chi connectivity index (χ1) is 15.6. The molecule has 0 aliphatic carbocycles. The lowest BCUT2D eigenvalue weighted by Crippen LogP contribution is -2.38. The van der Waals surface area contributed by atoms with Gasteiger partial charge >= 0.3 is 0 Å². The Balaban J connectivity index is 1.51. The van der Waals surface area contributed by atoms with Gasteiger partial charge in [0.15, 0.2) is 5.96 Å². The Labute approximate surface area is 194 Å². The number of benzene rings is 2. The van der Waals surface area contributed by atoms with Gasteiger partial charge < -0.3 is 15.5 Å². The van der Waals surface area contributed by atoms with Gasteiger partial charge in [0, 0.05) is 56.7 Å². The molecule has 0 aliphatic heterocycles. The van der Waals surface area contributed by atoms with Crippen LogP contribution >= 0.6 is 11.3 Å². The van der Waals surface area contributed by atoms with Crippen LogP contribution in [0.5, 0.6) is 0 Å². The molecule has 1 aromatic heterocycles. The molecule has 0 fully saturated rings. The number of aliphatic imine (C=N–C) groups is 1. The van der Waals surface area contributed by atoms with Gasteiger partial charge in [0.25, 0.3) is 5.91 Å². The molecule has 0 saturated carbocycles. The van der Waals surface area contributed by atoms with Crippen molar-refractivity contribution in [2.75, 3.05) is 33.7 Å². The molecule has 1 heterocycles. The first-order valence-electron chi connectivity index (χ1n) is 10.9. The molecule has 7 heteroatoms. The van der Waals surface area contributed by atoms with Crippen LogP contribution in [-0.4, -0.2) is 55.5 Å². The van der Waals surface area contributed by atoms with Crippen LogP contribution in [0.3, 0.4) is 0 Å². The van der Waals surface area contributed by atoms with Gasteiger partial charge in [0.2, 0.25) is 0 Å². The largest absolute Gasteiger partial charge is 0.357 e. The molecule has 0 atom stereocenters. The normalized spacial score (nSPS) is 11.3. The fraction of sp³-hybridized carbons (Fsp3) is 0.320. The summed E-state index contributed by atoms with van der Waals surface area (Å²) < 4.78 is 0. The molecule has 2 N–H and O–H groups in total. The van der Waals surface area contributed by atoms with Crippen LogP contribution in [0, 0.1) is 0 Å². The van der Waals surface area contributed by atoms with Crippen molar-refractivity contribution in [1.29, 1.82) is 0 Å². The van der Waals surface area contributed by atoms with E-state index in [0.29, 0.717) is 12.1 Å². The van der Waals surface area contributed by atoms with Gasteiger partial charge in [-0.05, 0) is 31.0 Å². The number of nitrogens with zero attached hydrogens (tertiary/aromatic N) is 3. The number of carbonyl (C=O) groups excluding carboxylic acids is 1. The Morgan fingerprint density at radius 1 is 1.06 bits per heavy atom. The minimum absolute atomic E-state index is 0.0205. The number of nitrogens with one attached hydrogen (secondary N) is 2. The molecule has 0 radical (unpaired) electrons. The highest BCUT2D eigenvalue weighted by molar-refractivity contribution is 7.13. The highest BCUT2D eigenvalue weighted by Gasteiger charge is 2.08. The summed E-state index contributed by atoms with van der Waals surface area (Å²) in [5.74, 6) is 0.818. The number of guanidine groups is 1. The summed E-state index contributed by atoms with van der Waals surface area (Å²) in [6.07, 6.45) is 1.61. The van der Waals surface area contributed by atoms with Crippen LogP contribution in [0.25, 0.3) is 10.6 Å². The maximum Gasteiger partial charge on any atom is 0.253 e. The van der Waals surface area contributed by atoms with Crippen molar-refractivity contribution in [1.82, 2.24) is 20.5 Å². The van der Waals surface area contributed by atoms with Gasteiger partial charge in [-0.1, -0.05) is 42.5 Å². The molecule has 0 unspecified atom stereocenters. The molecule has 168 valence electrons. The fourth-order valence-electron chi connectivity index (χ4n) is 3.20. The van der Waals surface area contributed by atoms with E-state index in [2.05, 4.69) is 40.1 Å². The smallest absolute Gasteiger partial charge is 0.253 e. The summed E-state index contributed by atoms with van der Waals surface area (Å²) in [5.41, 5.74) is 4.05. The van der Waals surface area contributed by atoms with Crippen molar-refractivity contribution in [3.05, 3.63) is 76.8 Å². The lowest BCUT2D eigenvalue weighted by molar-refractivity contribution is 0.0827. The van der Waals surface area contributed by atoms with Crippen LogP contribution < -0.4 is 10.6 Å². The number of thiazole rings is 1. The number of amides is 1. The van der Waals surface area contributed by atoms with Gasteiger partial charge in [0.1, 0.15) is 5.01 Å². The van der Waals surface area contributed by atoms with E-state index in [1.807, 2.05) is 42.5 Å². The second kappa shape index (κ2) is 12.0. The van der Waals surface area contributed by atoms with Crippen molar-refractivity contribution in [2.24, 2.45) is 4.99 Å². The quantitative estimate of drug-likeness (QED) is 0.385. The molecule has 1 amide bonds. The van der Waals surface area contributed by atoms with E-state index in [9.17, 15) is 4.79 Å². The predicted octanol–water partition coefficient (Wildman–Crippen LogP) is 3.85. The number of rotatable bonds is 9. The van der Waals surface area contributed by atoms with E-state index in [1.54, 1.807) is 30.3 Å². The highest BCUT2D eigenvalue weighted by Crippen LogP contribution is 2.23. The number of hydrogen-bond donors (Lipinski definition) is 2. The van der Waals surface area contributed by atoms with E-state index in [4.69, 9.17) is 4.98 Å². The Kier molecular flexibility index (Phi) is 8.80. The van der Waals surface area contributed by atoms with Crippen LogP contribution in [0.15, 0.2) is 65.0 Å². The van der Waals surface area contributed by atoms with Crippen LogP contribution in [0.4, 0.5) is 0 Å². The third-order valence-corrected chi connectivity index (χ3v) is 5.78. The van der Waals surface area contributed by atoms with Crippen molar-refractivity contribution in [3.8, 4) is 10.6 Å². The van der Waals surface area contributed by atoms with E-state index in [-0.39, 0.29) is 5.91 Å². The highest BCUT2D eigenvalue weighted by atomic mass is 32.1. The summed E-state index contributed by atoms with van der Waals surface area (Å²) in [6, 6.07) is 18.0. The maximum atomic E-state index is 12.2. The Bertz CT molecular complexity index is 1030. The summed E-state index contributed by atoms with van der Waals surface area (Å²) in [4.78, 5) is 23.2. The second-order valence-electron chi connectivity index (χ2n) is 7.60. The molecular formula is C25H31N5OS. The Morgan fingerprint density at radius 2 is 1.88 bits per heavy atom. The molecule has 0 bridgehead atoms. The number of hydrogen-bond acceptors (Lipinski definition) is 4. The van der Waals surface area contributed by atoms with Crippen LogP contribution in [0.2, 0.25) is 0 Å². The van der Waals surface area contributed by atoms with Crippen molar-refractivity contribution < 1.29 is 4.79 Å². The van der Waals surface area contributed by atoms with Crippen molar-refractivity contribution in [3.63, 3.8) is 0 Å². The summed E-state index contributed by atoms with van der Waals surface area (Å²) in [5, 5.41) is 9.83. The lowest BCUT2D eigenvalue weighted by Gasteiger charge is -2.13. The SMILES string of the molecule is CCNC(=NCCc1csc(-c2ccccc2)n1)NCCc1cccc(C(=O)N(C)C)c1. The van der Waals surface area contributed by atoms with E-state index in [1.165, 1.54) is 0 Å². The summed E-state index contributed by atoms with van der Waals surface area (Å²) in [7, 11) is 3.54. The van der Waals surface area contributed by atoms with Gasteiger partial charge in [0.05, 0.1) is 5.69 Å². The molecule has 0 saturated heterocycles. The predicted molar refractivity (Wildman–Crippen MR) is 133 cm³/mol. The standard InChI is InChI=1S/C25H31N5OS/c1-4-26-25(27-15-13-19-9-8-12-21(17-19)24(31)30(2)3)28-16-14-22-18-32-23(29-22)20-10-6-5-7-11-20/h5-12,17-18H,4,13-16H2,1-3H3,(H2,26,27,28). The zero-order valence-electron chi connectivity index (χ0n) is 19.0. The lowest BCUT2D eigenvalue weighted by atomic mass is 10.1. The third-order valence-electron chi connectivity index (χ3n) is 4.84. The van der Waals surface area contributed by atoms with Gasteiger partial charge in [-0.3, -0.25) is 9.79 Å². The molecule has 6 nitrogen and oxygen atoms in total. The average Bonchev–Trinajstić information content (AvgIpc) is 3.28. The minimum atomic E-state index is 0.0205. The van der Waals surface area contributed by atoms with Crippen LogP contribution in [0.1, 0.15) is 28.5 Å². The Hall–Kier alpha value is -3.19. The molecule has 2 aromatic carbocycles. The number of carbonyl (C=O) groups is 1. The monoisotopic (exact) mass is 449 g/mol. The average molecular weight is 450 g/mol. The van der Waals surface area contributed by atoms with Gasteiger partial charge in [-0.25, -0.2) is 4.98 Å². The fourth-order valence-corrected chi connectivity index (χ4v) is 4.06. The molecule has 0 aliphatic rings. The van der Waals surface area contributed by atoms with E-state index < -0.39 is 0 Å². The van der Waals surface area contributed by atoms with E-state index >= 15 is 0 Å². The van der Waals surface area contributed by atoms with Gasteiger partial charge in [-0.2, -0.15) is 0 Å². The molecule has 32 heavy (non-hydrogen) atoms. The third kappa shape index (κ3) is 6.92. The molecule has 3 aromatic rings. The zero-order chi connectivity index (χ0) is 22.8. The maximum absolute atomic E-state index is 12.2. The molecular weight excluding hydrogens is 418 g/mol. The first kappa shape index (κ1) is 23.5. The first-order valence-corrected chi connectivity index (χ1v) is 11.8. The van der Waals surface area contributed by atoms with Crippen LogP contribution in [-0.2, 0) is 12.8 Å². The topological polar surface area (TPSA) is 69.6 Å². The van der Waals surface area contributed by atoms with Gasteiger partial charge in [-0.15, -0.1) is 11.3 Å². The summed E-state index contributed by atoms with van der Waals surface area (Å²) in [6.45, 7) is 4.26. The van der Waals surface area contributed by atoms with Crippen molar-refractivity contribution >= 4 is 23.2 Å². The minimum Gasteiger partial charge on any atom is -0.357 e. The summed E-state index contributed by atoms with van der Waals surface area (Å²) >= 11 is 1.67. The van der Waals surface area contributed by atoms with E-state index in [0.717, 1.165) is 53.7 Å². The number of aromatic nitrogens is 1. The molecule has 3 rings (SSSR count). The second-order valence-corrected chi connectivity index (χ2v) is 8.46. The van der Waals surface area contributed by atoms with Crippen molar-refractivity contribution in [2.45, 2.75) is 19.8 Å². The molecule has 0 spiro atoms. The zero-order valence-corrected chi connectivity index (χ0v) is 19.8. The Morgan fingerprint density at radius 3 is 2.62 bits per heavy atom.